The van der Waals surface area contributed by atoms with Crippen LogP contribution in [0.25, 0.3) is 0 Å². The van der Waals surface area contributed by atoms with Crippen LogP contribution in [-0.4, -0.2) is 19.2 Å². The molecule has 0 saturated carbocycles. The van der Waals surface area contributed by atoms with E-state index in [1.165, 1.54) is 0 Å². The number of ether oxygens (including phenoxy) is 3. The van der Waals surface area contributed by atoms with Crippen molar-refractivity contribution in [2.45, 2.75) is 0 Å². The molecule has 88 valence electrons. The first-order chi connectivity index (χ1) is 8.33. The van der Waals surface area contributed by atoms with E-state index < -0.39 is 0 Å². The van der Waals surface area contributed by atoms with Gasteiger partial charge in [0, 0.05) is 18.5 Å². The Hall–Kier alpha value is -2.23. The van der Waals surface area contributed by atoms with Crippen LogP contribution in [0.2, 0.25) is 0 Å². The first kappa shape index (κ1) is 11.3. The largest absolute Gasteiger partial charge is 0.497 e. The molecule has 0 atom stereocenters. The average Bonchev–Trinajstić information content (AvgIpc) is 2.40. The van der Waals surface area contributed by atoms with E-state index in [1.807, 2.05) is 6.07 Å². The monoisotopic (exact) mass is 231 g/mol. The molecule has 0 aliphatic carbocycles. The molecule has 0 spiro atoms. The molecule has 1 aromatic heterocycles. The zero-order valence-electron chi connectivity index (χ0n) is 9.71. The normalized spacial score (nSPS) is 9.76. The van der Waals surface area contributed by atoms with Crippen molar-refractivity contribution in [3.05, 3.63) is 42.7 Å². The van der Waals surface area contributed by atoms with Gasteiger partial charge in [0.2, 0.25) is 0 Å². The number of pyridine rings is 1. The van der Waals surface area contributed by atoms with Crippen LogP contribution in [0.3, 0.4) is 0 Å². The standard InChI is InChI=1S/C13H13NO3/c1-15-11-3-4-12(13(9-11)16-2)17-10-5-7-14-8-6-10/h3-9H,1-2H3. The zero-order chi connectivity index (χ0) is 12.1. The Kier molecular flexibility index (Phi) is 3.45. The van der Waals surface area contributed by atoms with E-state index in [2.05, 4.69) is 4.98 Å². The minimum Gasteiger partial charge on any atom is -0.497 e. The van der Waals surface area contributed by atoms with Crippen molar-refractivity contribution in [1.82, 2.24) is 4.98 Å². The average molecular weight is 231 g/mol. The maximum absolute atomic E-state index is 5.68. The molecule has 0 bridgehead atoms. The van der Waals surface area contributed by atoms with Crippen molar-refractivity contribution >= 4 is 0 Å². The summed E-state index contributed by atoms with van der Waals surface area (Å²) in [6.07, 6.45) is 3.34. The third-order valence-electron chi connectivity index (χ3n) is 2.25. The summed E-state index contributed by atoms with van der Waals surface area (Å²) in [5.74, 6) is 2.70. The molecule has 4 nitrogen and oxygen atoms in total. The molecule has 0 unspecified atom stereocenters. The van der Waals surface area contributed by atoms with Gasteiger partial charge in [-0.25, -0.2) is 0 Å². The van der Waals surface area contributed by atoms with Crippen molar-refractivity contribution < 1.29 is 14.2 Å². The van der Waals surface area contributed by atoms with Gasteiger partial charge in [0.1, 0.15) is 11.5 Å². The Morgan fingerprint density at radius 2 is 1.59 bits per heavy atom. The summed E-state index contributed by atoms with van der Waals surface area (Å²) < 4.78 is 16.0. The molecule has 0 saturated heterocycles. The second kappa shape index (κ2) is 5.21. The molecular formula is C13H13NO3. The summed E-state index contributed by atoms with van der Waals surface area (Å²) in [7, 11) is 3.20. The molecule has 2 aromatic rings. The highest BCUT2D eigenvalue weighted by atomic mass is 16.5. The molecule has 0 aliphatic rings. The van der Waals surface area contributed by atoms with Crippen LogP contribution in [0, 0.1) is 0 Å². The predicted octanol–water partition coefficient (Wildman–Crippen LogP) is 2.89. The van der Waals surface area contributed by atoms with Gasteiger partial charge in [0.25, 0.3) is 0 Å². The lowest BCUT2D eigenvalue weighted by Gasteiger charge is -2.11. The number of aromatic nitrogens is 1. The Morgan fingerprint density at radius 3 is 2.24 bits per heavy atom. The van der Waals surface area contributed by atoms with Gasteiger partial charge in [-0.3, -0.25) is 4.98 Å². The highest BCUT2D eigenvalue weighted by Crippen LogP contribution is 2.34. The summed E-state index contributed by atoms with van der Waals surface area (Å²) in [4.78, 5) is 3.93. The molecule has 4 heteroatoms. The quantitative estimate of drug-likeness (QED) is 0.811. The number of rotatable bonds is 4. The molecule has 1 aromatic carbocycles. The highest BCUT2D eigenvalue weighted by Gasteiger charge is 2.06. The fraction of sp³-hybridized carbons (Fsp3) is 0.154. The van der Waals surface area contributed by atoms with E-state index in [-0.39, 0.29) is 0 Å². The zero-order valence-corrected chi connectivity index (χ0v) is 9.71. The molecule has 2 rings (SSSR count). The number of hydrogen-bond donors (Lipinski definition) is 0. The van der Waals surface area contributed by atoms with E-state index in [9.17, 15) is 0 Å². The summed E-state index contributed by atoms with van der Waals surface area (Å²) >= 11 is 0. The summed E-state index contributed by atoms with van der Waals surface area (Å²) in [6, 6.07) is 8.96. The topological polar surface area (TPSA) is 40.6 Å². The Bertz CT molecular complexity index is 485. The predicted molar refractivity (Wildman–Crippen MR) is 63.9 cm³/mol. The van der Waals surface area contributed by atoms with E-state index in [4.69, 9.17) is 14.2 Å². The summed E-state index contributed by atoms with van der Waals surface area (Å²) in [5, 5.41) is 0. The van der Waals surface area contributed by atoms with Crippen LogP contribution in [0.15, 0.2) is 42.7 Å². The molecule has 0 fully saturated rings. The third kappa shape index (κ3) is 2.66. The fourth-order valence-electron chi connectivity index (χ4n) is 1.39. The van der Waals surface area contributed by atoms with Crippen molar-refractivity contribution in [1.29, 1.82) is 0 Å². The Morgan fingerprint density at radius 1 is 0.824 bits per heavy atom. The van der Waals surface area contributed by atoms with Crippen LogP contribution >= 0.6 is 0 Å². The minimum absolute atomic E-state index is 0.626. The lowest BCUT2D eigenvalue weighted by molar-refractivity contribution is 0.369. The maximum atomic E-state index is 5.68. The van der Waals surface area contributed by atoms with Gasteiger partial charge in [0.05, 0.1) is 14.2 Å². The smallest absolute Gasteiger partial charge is 0.169 e. The van der Waals surface area contributed by atoms with Gasteiger partial charge in [-0.15, -0.1) is 0 Å². The van der Waals surface area contributed by atoms with E-state index >= 15 is 0 Å². The Labute approximate surface area is 99.8 Å². The summed E-state index contributed by atoms with van der Waals surface area (Å²) in [5.41, 5.74) is 0. The van der Waals surface area contributed by atoms with Gasteiger partial charge in [0.15, 0.2) is 11.5 Å². The van der Waals surface area contributed by atoms with Crippen molar-refractivity contribution in [2.24, 2.45) is 0 Å². The second-order valence-electron chi connectivity index (χ2n) is 3.30. The van der Waals surface area contributed by atoms with E-state index in [0.29, 0.717) is 17.2 Å². The SMILES string of the molecule is COc1ccc(Oc2ccncc2)c(OC)c1. The van der Waals surface area contributed by atoms with E-state index in [0.717, 1.165) is 5.75 Å². The lowest BCUT2D eigenvalue weighted by atomic mass is 10.3. The first-order valence-electron chi connectivity index (χ1n) is 5.13. The molecule has 0 N–H and O–H groups in total. The van der Waals surface area contributed by atoms with Gasteiger partial charge in [-0.1, -0.05) is 0 Å². The molecule has 1 heterocycles. The molecular weight excluding hydrogens is 218 g/mol. The van der Waals surface area contributed by atoms with Crippen molar-refractivity contribution in [3.63, 3.8) is 0 Å². The van der Waals surface area contributed by atoms with Crippen LogP contribution in [-0.2, 0) is 0 Å². The van der Waals surface area contributed by atoms with Gasteiger partial charge < -0.3 is 14.2 Å². The van der Waals surface area contributed by atoms with Crippen molar-refractivity contribution in [2.75, 3.05) is 14.2 Å². The first-order valence-corrected chi connectivity index (χ1v) is 5.13. The van der Waals surface area contributed by atoms with E-state index in [1.54, 1.807) is 50.9 Å². The Balaban J connectivity index is 2.26. The highest BCUT2D eigenvalue weighted by molar-refractivity contribution is 5.47. The minimum atomic E-state index is 0.626. The molecule has 0 aliphatic heterocycles. The number of hydrogen-bond acceptors (Lipinski definition) is 4. The van der Waals surface area contributed by atoms with Crippen LogP contribution in [0.5, 0.6) is 23.0 Å². The fourth-order valence-corrected chi connectivity index (χ4v) is 1.39. The van der Waals surface area contributed by atoms with Crippen LogP contribution in [0.4, 0.5) is 0 Å². The number of benzene rings is 1. The molecule has 0 radical (unpaired) electrons. The van der Waals surface area contributed by atoms with Gasteiger partial charge in [-0.05, 0) is 24.3 Å². The number of nitrogens with zero attached hydrogens (tertiary/aromatic N) is 1. The lowest BCUT2D eigenvalue weighted by Crippen LogP contribution is -1.91. The maximum Gasteiger partial charge on any atom is 0.169 e. The summed E-state index contributed by atoms with van der Waals surface area (Å²) in [6.45, 7) is 0. The molecule has 17 heavy (non-hydrogen) atoms. The van der Waals surface area contributed by atoms with Crippen molar-refractivity contribution in [3.8, 4) is 23.0 Å². The third-order valence-corrected chi connectivity index (χ3v) is 2.25. The number of methoxy groups -OCH3 is 2. The van der Waals surface area contributed by atoms with Crippen LogP contribution < -0.4 is 14.2 Å². The second-order valence-corrected chi connectivity index (χ2v) is 3.30. The van der Waals surface area contributed by atoms with Crippen LogP contribution in [0.1, 0.15) is 0 Å². The molecule has 0 amide bonds. The van der Waals surface area contributed by atoms with Gasteiger partial charge in [-0.2, -0.15) is 0 Å². The van der Waals surface area contributed by atoms with Gasteiger partial charge >= 0.3 is 0 Å².